The summed E-state index contributed by atoms with van der Waals surface area (Å²) in [5.41, 5.74) is -2.60. The fourth-order valence-electron chi connectivity index (χ4n) is 9.66. The maximum atomic E-state index is 12.0. The van der Waals surface area contributed by atoms with Crippen molar-refractivity contribution < 1.29 is 42.7 Å². The summed E-state index contributed by atoms with van der Waals surface area (Å²) in [6.07, 6.45) is 1.35. The van der Waals surface area contributed by atoms with Gasteiger partial charge in [0.05, 0.1) is 23.9 Å². The zero-order chi connectivity index (χ0) is 27.6. The minimum absolute atomic E-state index is 0.0470. The summed E-state index contributed by atoms with van der Waals surface area (Å²) in [5.74, 6) is -0.741. The van der Waals surface area contributed by atoms with Crippen LogP contribution in [-0.4, -0.2) is 75.1 Å². The topological polar surface area (TPSA) is 165 Å². The first kappa shape index (κ1) is 29.6. The number of hydrogen-bond donors (Lipinski definition) is 6. The van der Waals surface area contributed by atoms with Crippen LogP contribution in [0, 0.1) is 46.3 Å². The SMILES string of the molecule is C[C@H](CO)CCC[C@@H](C)[C@H]1[C@@H](O)[C@H](OS(=O)(=O)O)C2C3C[C@@H](O)[C@@]4(O)C[C@@H](O)CC[C@]4(C)C3CC[C@@]21C. The van der Waals surface area contributed by atoms with Crippen molar-refractivity contribution in [2.45, 2.75) is 115 Å². The lowest BCUT2D eigenvalue weighted by atomic mass is 9.42. The van der Waals surface area contributed by atoms with Gasteiger partial charge in [0.1, 0.15) is 6.10 Å². The molecule has 9 nitrogen and oxygen atoms in total. The lowest BCUT2D eigenvalue weighted by Crippen LogP contribution is -2.69. The Kier molecular flexibility index (Phi) is 8.21. The summed E-state index contributed by atoms with van der Waals surface area (Å²) >= 11 is 0. The molecule has 0 aromatic heterocycles. The van der Waals surface area contributed by atoms with Crippen LogP contribution in [0.1, 0.15) is 85.5 Å². The van der Waals surface area contributed by atoms with Gasteiger partial charge < -0.3 is 25.5 Å². The third kappa shape index (κ3) is 4.92. The maximum Gasteiger partial charge on any atom is 0.397 e. The third-order valence-electron chi connectivity index (χ3n) is 11.5. The second kappa shape index (κ2) is 10.3. The van der Waals surface area contributed by atoms with Gasteiger partial charge in [-0.25, -0.2) is 4.18 Å². The van der Waals surface area contributed by atoms with Gasteiger partial charge in [0, 0.05) is 18.4 Å². The van der Waals surface area contributed by atoms with E-state index < -0.39 is 57.2 Å². The molecule has 4 aliphatic rings. The molecule has 0 aliphatic heterocycles. The predicted octanol–water partition coefficient (Wildman–Crippen LogP) is 2.30. The standard InChI is InChI=1S/C27H48O9S/c1-15(14-28)6-5-7-16(2)21-23(31)24(36-37(33,34)35)22-18-12-20(30)27(32)13-17(29)8-11-26(27,4)19(18)9-10-25(21,22)3/h15-24,28-32H,5-14H2,1-4H3,(H,33,34,35)/t15-,16+,17-,18?,19?,20+,21-,22?,23+,24+,25+,26+,27-/m0/s1. The minimum atomic E-state index is -4.84. The molecule has 3 unspecified atom stereocenters. The maximum absolute atomic E-state index is 12.0. The van der Waals surface area contributed by atoms with Gasteiger partial charge in [-0.2, -0.15) is 8.42 Å². The van der Waals surface area contributed by atoms with E-state index in [1.165, 1.54) is 0 Å². The Labute approximate surface area is 221 Å². The van der Waals surface area contributed by atoms with Gasteiger partial charge in [-0.15, -0.1) is 0 Å². The van der Waals surface area contributed by atoms with Crippen molar-refractivity contribution in [2.24, 2.45) is 46.3 Å². The second-order valence-electron chi connectivity index (χ2n) is 13.5. The van der Waals surface area contributed by atoms with Gasteiger partial charge in [-0.05, 0) is 79.4 Å². The van der Waals surface area contributed by atoms with Gasteiger partial charge in [0.2, 0.25) is 0 Å². The van der Waals surface area contributed by atoms with Crippen LogP contribution in [0.3, 0.4) is 0 Å². The molecule has 0 heterocycles. The van der Waals surface area contributed by atoms with Crippen molar-refractivity contribution in [3.8, 4) is 0 Å². The molecule has 0 amide bonds. The van der Waals surface area contributed by atoms with Crippen LogP contribution in [0.4, 0.5) is 0 Å². The molecule has 0 bridgehead atoms. The van der Waals surface area contributed by atoms with E-state index in [2.05, 4.69) is 13.8 Å². The van der Waals surface area contributed by atoms with Gasteiger partial charge >= 0.3 is 10.4 Å². The predicted molar refractivity (Wildman–Crippen MR) is 137 cm³/mol. The van der Waals surface area contributed by atoms with Crippen LogP contribution < -0.4 is 0 Å². The van der Waals surface area contributed by atoms with E-state index in [0.717, 1.165) is 25.7 Å². The molecule has 37 heavy (non-hydrogen) atoms. The van der Waals surface area contributed by atoms with E-state index in [9.17, 15) is 38.5 Å². The smallest absolute Gasteiger partial charge is 0.396 e. The fraction of sp³-hybridized carbons (Fsp3) is 1.00. The Morgan fingerprint density at radius 1 is 1.05 bits per heavy atom. The number of rotatable bonds is 8. The molecule has 4 rings (SSSR count). The van der Waals surface area contributed by atoms with Gasteiger partial charge in [0.15, 0.2) is 0 Å². The zero-order valence-electron chi connectivity index (χ0n) is 22.7. The molecule has 216 valence electrons. The Bertz CT molecular complexity index is 929. The summed E-state index contributed by atoms with van der Waals surface area (Å²) in [6, 6.07) is 0. The van der Waals surface area contributed by atoms with Crippen molar-refractivity contribution in [1.29, 1.82) is 0 Å². The molecule has 0 radical (unpaired) electrons. The first-order valence-electron chi connectivity index (χ1n) is 14.1. The largest absolute Gasteiger partial charge is 0.397 e. The molecule has 6 N–H and O–H groups in total. The molecule has 0 spiro atoms. The van der Waals surface area contributed by atoms with E-state index in [1.807, 2.05) is 13.8 Å². The minimum Gasteiger partial charge on any atom is -0.396 e. The average molecular weight is 549 g/mol. The molecule has 4 aliphatic carbocycles. The third-order valence-corrected chi connectivity index (χ3v) is 11.9. The molecule has 13 atom stereocenters. The monoisotopic (exact) mass is 548 g/mol. The molecular weight excluding hydrogens is 500 g/mol. The second-order valence-corrected chi connectivity index (χ2v) is 14.6. The Morgan fingerprint density at radius 3 is 2.35 bits per heavy atom. The van der Waals surface area contributed by atoms with Crippen LogP contribution in [0.2, 0.25) is 0 Å². The summed E-state index contributed by atoms with van der Waals surface area (Å²) in [5, 5.41) is 54.3. The van der Waals surface area contributed by atoms with Gasteiger partial charge in [0.25, 0.3) is 0 Å². The average Bonchev–Trinajstić information content (AvgIpc) is 3.00. The fourth-order valence-corrected chi connectivity index (χ4v) is 10.2. The molecule has 10 heteroatoms. The van der Waals surface area contributed by atoms with E-state index in [1.54, 1.807) is 0 Å². The Hall–Kier alpha value is -0.330. The molecular formula is C27H48O9S. The van der Waals surface area contributed by atoms with Crippen molar-refractivity contribution in [1.82, 2.24) is 0 Å². The van der Waals surface area contributed by atoms with Crippen LogP contribution >= 0.6 is 0 Å². The Balaban J connectivity index is 1.69. The quantitative estimate of drug-likeness (QED) is 0.250. The highest BCUT2D eigenvalue weighted by atomic mass is 32.3. The van der Waals surface area contributed by atoms with E-state index in [4.69, 9.17) is 4.18 Å². The number of hydrogen-bond acceptors (Lipinski definition) is 8. The van der Waals surface area contributed by atoms with E-state index >= 15 is 0 Å². The molecule has 0 aromatic rings. The first-order valence-corrected chi connectivity index (χ1v) is 15.5. The molecule has 0 aromatic carbocycles. The lowest BCUT2D eigenvalue weighted by Gasteiger charge is -2.65. The van der Waals surface area contributed by atoms with Gasteiger partial charge in [-0.1, -0.05) is 40.5 Å². The summed E-state index contributed by atoms with van der Waals surface area (Å²) in [7, 11) is -4.84. The van der Waals surface area contributed by atoms with Crippen molar-refractivity contribution >= 4 is 10.4 Å². The van der Waals surface area contributed by atoms with Crippen molar-refractivity contribution in [3.63, 3.8) is 0 Å². The molecule has 4 fully saturated rings. The first-order chi connectivity index (χ1) is 17.1. The van der Waals surface area contributed by atoms with Crippen LogP contribution in [0.25, 0.3) is 0 Å². The van der Waals surface area contributed by atoms with Crippen molar-refractivity contribution in [3.05, 3.63) is 0 Å². The van der Waals surface area contributed by atoms with Crippen LogP contribution in [-0.2, 0) is 14.6 Å². The van der Waals surface area contributed by atoms with E-state index in [0.29, 0.717) is 19.3 Å². The molecule has 4 saturated carbocycles. The summed E-state index contributed by atoms with van der Waals surface area (Å²) in [4.78, 5) is 0. The lowest BCUT2D eigenvalue weighted by molar-refractivity contribution is -0.267. The Morgan fingerprint density at radius 2 is 1.73 bits per heavy atom. The van der Waals surface area contributed by atoms with Crippen molar-refractivity contribution in [2.75, 3.05) is 6.61 Å². The highest BCUT2D eigenvalue weighted by Crippen LogP contribution is 2.69. The number of fused-ring (bicyclic) bond motifs is 5. The zero-order valence-corrected chi connectivity index (χ0v) is 23.5. The summed E-state index contributed by atoms with van der Waals surface area (Å²) in [6.45, 7) is 8.25. The van der Waals surface area contributed by atoms with Crippen LogP contribution in [0.5, 0.6) is 0 Å². The number of aliphatic hydroxyl groups is 5. The van der Waals surface area contributed by atoms with Crippen LogP contribution in [0.15, 0.2) is 0 Å². The highest BCUT2D eigenvalue weighted by molar-refractivity contribution is 7.80. The summed E-state index contributed by atoms with van der Waals surface area (Å²) < 4.78 is 38.8. The highest BCUT2D eigenvalue weighted by Gasteiger charge is 2.71. The normalized spacial score (nSPS) is 49.6. The van der Waals surface area contributed by atoms with Gasteiger partial charge in [-0.3, -0.25) is 4.55 Å². The molecule has 0 saturated heterocycles. The van der Waals surface area contributed by atoms with E-state index in [-0.39, 0.29) is 49.0 Å². The number of aliphatic hydroxyl groups excluding tert-OH is 4.